The molecule has 0 aliphatic carbocycles. The molecule has 0 aromatic heterocycles. The van der Waals surface area contributed by atoms with Crippen LogP contribution in [0.1, 0.15) is 13.3 Å². The Labute approximate surface area is 188 Å². The smallest absolute Gasteiger partial charge is 0.191 e. The molecular formula is C19H31BrIN5O. The van der Waals surface area contributed by atoms with Crippen molar-refractivity contribution in [1.82, 2.24) is 15.5 Å². The summed E-state index contributed by atoms with van der Waals surface area (Å²) in [7, 11) is 2.14. The number of nitrogens with zero attached hydrogens (tertiary/aromatic N) is 3. The fraction of sp³-hybridized carbons (Fsp3) is 0.632. The molecule has 2 fully saturated rings. The van der Waals surface area contributed by atoms with Crippen LogP contribution >= 0.6 is 39.9 Å². The summed E-state index contributed by atoms with van der Waals surface area (Å²) >= 11 is 3.50. The van der Waals surface area contributed by atoms with E-state index >= 15 is 0 Å². The van der Waals surface area contributed by atoms with Gasteiger partial charge in [0.1, 0.15) is 0 Å². The van der Waals surface area contributed by atoms with E-state index in [2.05, 4.69) is 74.6 Å². The van der Waals surface area contributed by atoms with Gasteiger partial charge in [-0.25, -0.2) is 0 Å². The maximum Gasteiger partial charge on any atom is 0.191 e. The monoisotopic (exact) mass is 551 g/mol. The van der Waals surface area contributed by atoms with Crippen LogP contribution in [0.25, 0.3) is 0 Å². The lowest BCUT2D eigenvalue weighted by Crippen LogP contribution is -2.46. The molecule has 152 valence electrons. The van der Waals surface area contributed by atoms with Crippen molar-refractivity contribution in [3.05, 3.63) is 28.7 Å². The molecule has 1 aromatic rings. The standard InChI is InChI=1S/C19H30BrN5O.HI/c1-3-21-19(22-12-18-14-24(2)10-11-26-18)23-16-8-9-25(13-16)17-6-4-15(20)5-7-17;/h4-7,16,18H,3,8-14H2,1-2H3,(H2,21,22,23);1H. The van der Waals surface area contributed by atoms with E-state index in [1.54, 1.807) is 0 Å². The summed E-state index contributed by atoms with van der Waals surface area (Å²) in [6, 6.07) is 8.95. The van der Waals surface area contributed by atoms with Crippen LogP contribution in [0.15, 0.2) is 33.7 Å². The van der Waals surface area contributed by atoms with Gasteiger partial charge in [-0.15, -0.1) is 24.0 Å². The third kappa shape index (κ3) is 7.07. The van der Waals surface area contributed by atoms with Crippen LogP contribution in [0.4, 0.5) is 5.69 Å². The van der Waals surface area contributed by atoms with Gasteiger partial charge in [0.05, 0.1) is 19.3 Å². The zero-order valence-corrected chi connectivity index (χ0v) is 20.1. The molecule has 0 amide bonds. The minimum atomic E-state index is 0. The normalized spacial score (nSPS) is 23.8. The van der Waals surface area contributed by atoms with E-state index in [-0.39, 0.29) is 30.1 Å². The van der Waals surface area contributed by atoms with Crippen molar-refractivity contribution in [3.8, 4) is 0 Å². The minimum Gasteiger partial charge on any atom is -0.374 e. The Morgan fingerprint density at radius 2 is 2.04 bits per heavy atom. The lowest BCUT2D eigenvalue weighted by molar-refractivity contribution is -0.0136. The van der Waals surface area contributed by atoms with Crippen molar-refractivity contribution < 1.29 is 4.74 Å². The number of ether oxygens (including phenoxy) is 1. The van der Waals surface area contributed by atoms with E-state index in [4.69, 9.17) is 9.73 Å². The molecular weight excluding hydrogens is 521 g/mol. The number of rotatable bonds is 5. The second-order valence-electron chi connectivity index (χ2n) is 7.03. The zero-order valence-electron chi connectivity index (χ0n) is 16.2. The summed E-state index contributed by atoms with van der Waals surface area (Å²) in [5.41, 5.74) is 1.28. The lowest BCUT2D eigenvalue weighted by atomic mass is 10.2. The van der Waals surface area contributed by atoms with Gasteiger partial charge in [0.2, 0.25) is 0 Å². The number of aliphatic imine (C=N–C) groups is 1. The summed E-state index contributed by atoms with van der Waals surface area (Å²) in [5.74, 6) is 0.895. The predicted molar refractivity (Wildman–Crippen MR) is 127 cm³/mol. The number of benzene rings is 1. The molecule has 2 aliphatic heterocycles. The molecule has 0 radical (unpaired) electrons. The molecule has 0 bridgehead atoms. The number of hydrogen-bond donors (Lipinski definition) is 2. The summed E-state index contributed by atoms with van der Waals surface area (Å²) in [6.07, 6.45) is 1.30. The highest BCUT2D eigenvalue weighted by molar-refractivity contribution is 14.0. The fourth-order valence-corrected chi connectivity index (χ4v) is 3.71. The molecule has 8 heteroatoms. The Morgan fingerprint density at radius 3 is 2.74 bits per heavy atom. The number of guanidine groups is 1. The summed E-state index contributed by atoms with van der Waals surface area (Å²) in [4.78, 5) is 9.49. The van der Waals surface area contributed by atoms with Crippen molar-refractivity contribution in [2.75, 3.05) is 57.8 Å². The van der Waals surface area contributed by atoms with Gasteiger partial charge in [-0.05, 0) is 44.7 Å². The van der Waals surface area contributed by atoms with Crippen molar-refractivity contribution in [1.29, 1.82) is 0 Å². The minimum absolute atomic E-state index is 0. The first-order chi connectivity index (χ1) is 12.6. The molecule has 2 aliphatic rings. The summed E-state index contributed by atoms with van der Waals surface area (Å²) in [5, 5.41) is 6.96. The van der Waals surface area contributed by atoms with Gasteiger partial charge in [-0.1, -0.05) is 15.9 Å². The molecule has 1 aromatic carbocycles. The second kappa shape index (κ2) is 11.4. The fourth-order valence-electron chi connectivity index (χ4n) is 3.45. The van der Waals surface area contributed by atoms with E-state index in [1.165, 1.54) is 5.69 Å². The summed E-state index contributed by atoms with van der Waals surface area (Å²) in [6.45, 7) is 8.47. The zero-order chi connectivity index (χ0) is 18.4. The van der Waals surface area contributed by atoms with Gasteiger partial charge in [0.15, 0.2) is 5.96 Å². The molecule has 2 unspecified atom stereocenters. The van der Waals surface area contributed by atoms with Crippen molar-refractivity contribution >= 4 is 51.6 Å². The third-order valence-electron chi connectivity index (χ3n) is 4.86. The number of morpholine rings is 1. The highest BCUT2D eigenvalue weighted by Crippen LogP contribution is 2.22. The average molecular weight is 552 g/mol. The number of halogens is 2. The van der Waals surface area contributed by atoms with E-state index in [0.717, 1.165) is 56.2 Å². The van der Waals surface area contributed by atoms with Gasteiger partial charge >= 0.3 is 0 Å². The van der Waals surface area contributed by atoms with Gasteiger partial charge < -0.3 is 25.2 Å². The molecule has 0 spiro atoms. The highest BCUT2D eigenvalue weighted by Gasteiger charge is 2.24. The Kier molecular flexibility index (Phi) is 9.61. The maximum absolute atomic E-state index is 5.82. The largest absolute Gasteiger partial charge is 0.374 e. The van der Waals surface area contributed by atoms with Crippen molar-refractivity contribution in [2.45, 2.75) is 25.5 Å². The molecule has 0 saturated carbocycles. The van der Waals surface area contributed by atoms with Crippen LogP contribution < -0.4 is 15.5 Å². The van der Waals surface area contributed by atoms with Crippen LogP contribution in [-0.4, -0.2) is 75.9 Å². The molecule has 3 rings (SSSR count). The molecule has 2 N–H and O–H groups in total. The molecule has 6 nitrogen and oxygen atoms in total. The Balaban J connectivity index is 0.00000261. The predicted octanol–water partition coefficient (Wildman–Crippen LogP) is 2.53. The maximum atomic E-state index is 5.82. The Hall–Kier alpha value is -0.580. The Morgan fingerprint density at radius 1 is 1.26 bits per heavy atom. The van der Waals surface area contributed by atoms with E-state index in [1.807, 2.05) is 0 Å². The number of anilines is 1. The van der Waals surface area contributed by atoms with Crippen LogP contribution in [0.3, 0.4) is 0 Å². The van der Waals surface area contributed by atoms with Gasteiger partial charge in [-0.2, -0.15) is 0 Å². The molecule has 2 heterocycles. The van der Waals surface area contributed by atoms with Gasteiger partial charge in [0, 0.05) is 48.9 Å². The van der Waals surface area contributed by atoms with Crippen LogP contribution in [0.2, 0.25) is 0 Å². The van der Waals surface area contributed by atoms with Crippen LogP contribution in [-0.2, 0) is 4.74 Å². The van der Waals surface area contributed by atoms with E-state index in [9.17, 15) is 0 Å². The quantitative estimate of drug-likeness (QED) is 0.335. The topological polar surface area (TPSA) is 52.1 Å². The van der Waals surface area contributed by atoms with Crippen LogP contribution in [0, 0.1) is 0 Å². The lowest BCUT2D eigenvalue weighted by Gasteiger charge is -2.29. The number of likely N-dealkylation sites (N-methyl/N-ethyl adjacent to an activating group) is 1. The molecule has 2 atom stereocenters. The van der Waals surface area contributed by atoms with Crippen molar-refractivity contribution in [3.63, 3.8) is 0 Å². The summed E-state index contributed by atoms with van der Waals surface area (Å²) < 4.78 is 6.93. The number of hydrogen-bond acceptors (Lipinski definition) is 4. The van der Waals surface area contributed by atoms with E-state index in [0.29, 0.717) is 12.6 Å². The first-order valence-corrected chi connectivity index (χ1v) is 10.3. The third-order valence-corrected chi connectivity index (χ3v) is 5.39. The molecule has 2 saturated heterocycles. The second-order valence-corrected chi connectivity index (χ2v) is 7.94. The highest BCUT2D eigenvalue weighted by atomic mass is 127. The first kappa shape index (κ1) is 22.7. The SMILES string of the molecule is CCNC(=NCC1CN(C)CCO1)NC1CCN(c2ccc(Br)cc2)C1.I. The number of nitrogens with one attached hydrogen (secondary N) is 2. The first-order valence-electron chi connectivity index (χ1n) is 9.49. The van der Waals surface area contributed by atoms with Gasteiger partial charge in [0.25, 0.3) is 0 Å². The van der Waals surface area contributed by atoms with E-state index < -0.39 is 0 Å². The Bertz CT molecular complexity index is 600. The van der Waals surface area contributed by atoms with Crippen molar-refractivity contribution in [2.24, 2.45) is 4.99 Å². The molecule has 27 heavy (non-hydrogen) atoms. The average Bonchev–Trinajstić information content (AvgIpc) is 3.09. The van der Waals surface area contributed by atoms with Crippen LogP contribution in [0.5, 0.6) is 0 Å². The van der Waals surface area contributed by atoms with Gasteiger partial charge in [-0.3, -0.25) is 4.99 Å².